The highest BCUT2D eigenvalue weighted by atomic mass is 35.5. The normalized spacial score (nSPS) is 18.9. The second-order valence-corrected chi connectivity index (χ2v) is 8.67. The summed E-state index contributed by atoms with van der Waals surface area (Å²) in [6.45, 7) is 4.56. The Balaban J connectivity index is 1.96. The van der Waals surface area contributed by atoms with Crippen LogP contribution in [0.5, 0.6) is 0 Å². The monoisotopic (exact) mass is 436 g/mol. The van der Waals surface area contributed by atoms with Crippen LogP contribution in [0.1, 0.15) is 40.2 Å². The third-order valence-electron chi connectivity index (χ3n) is 4.61. The van der Waals surface area contributed by atoms with Crippen LogP contribution in [0.25, 0.3) is 0 Å². The van der Waals surface area contributed by atoms with Crippen LogP contribution in [0.2, 0.25) is 10.0 Å². The number of halogens is 2. The van der Waals surface area contributed by atoms with Gasteiger partial charge in [-0.3, -0.25) is 9.59 Å². The first-order chi connectivity index (χ1) is 13.4. The van der Waals surface area contributed by atoms with Crippen LogP contribution < -0.4 is 5.32 Å². The van der Waals surface area contributed by atoms with E-state index in [1.54, 1.807) is 40.9 Å². The zero-order chi connectivity index (χ0) is 20.3. The molecule has 2 aromatic rings. The molecule has 0 aliphatic carbocycles. The van der Waals surface area contributed by atoms with Crippen molar-refractivity contribution in [3.05, 3.63) is 69.2 Å². The number of benzene rings is 2. The Hall–Kier alpha value is -1.69. The summed E-state index contributed by atoms with van der Waals surface area (Å²) in [6, 6.07) is 12.2. The molecular formula is C21H22Cl2N2O2S. The van der Waals surface area contributed by atoms with Crippen LogP contribution in [-0.4, -0.2) is 35.1 Å². The first kappa shape index (κ1) is 21.0. The Labute approximate surface area is 179 Å². The Morgan fingerprint density at radius 2 is 1.86 bits per heavy atom. The van der Waals surface area contributed by atoms with E-state index in [9.17, 15) is 9.59 Å². The van der Waals surface area contributed by atoms with Gasteiger partial charge in [-0.2, -0.15) is 0 Å². The number of thioether (sulfide) groups is 1. The molecule has 0 bridgehead atoms. The van der Waals surface area contributed by atoms with Crippen molar-refractivity contribution in [3.8, 4) is 0 Å². The predicted octanol–water partition coefficient (Wildman–Crippen LogP) is 5.08. The van der Waals surface area contributed by atoms with E-state index in [0.29, 0.717) is 27.9 Å². The molecule has 2 amide bonds. The highest BCUT2D eigenvalue weighted by Gasteiger charge is 2.42. The number of amides is 2. The van der Waals surface area contributed by atoms with E-state index in [0.717, 1.165) is 17.5 Å². The molecule has 2 atom stereocenters. The van der Waals surface area contributed by atoms with E-state index in [2.05, 4.69) is 5.32 Å². The van der Waals surface area contributed by atoms with E-state index < -0.39 is 6.04 Å². The van der Waals surface area contributed by atoms with Crippen LogP contribution in [0, 0.1) is 6.92 Å². The molecule has 3 rings (SSSR count). The van der Waals surface area contributed by atoms with E-state index in [1.165, 1.54) is 0 Å². The standard InChI is InChI=1S/C21H22Cl2N2O2S/c1-3-10-24-19(26)18-12-28-21(15-8-9-16(22)17(23)11-15)25(18)20(27)14-6-4-13(2)5-7-14/h4-9,11,18,21H,3,10,12H2,1-2H3,(H,24,26). The van der Waals surface area contributed by atoms with E-state index >= 15 is 0 Å². The third-order valence-corrected chi connectivity index (χ3v) is 6.68. The van der Waals surface area contributed by atoms with Gasteiger partial charge < -0.3 is 10.2 Å². The smallest absolute Gasteiger partial charge is 0.255 e. The molecule has 1 fully saturated rings. The van der Waals surface area contributed by atoms with Gasteiger partial charge in [-0.15, -0.1) is 11.8 Å². The molecular weight excluding hydrogens is 415 g/mol. The summed E-state index contributed by atoms with van der Waals surface area (Å²) in [7, 11) is 0. The maximum Gasteiger partial charge on any atom is 0.255 e. The fraction of sp³-hybridized carbons (Fsp3) is 0.333. The van der Waals surface area contributed by atoms with Crippen molar-refractivity contribution in [2.24, 2.45) is 0 Å². The van der Waals surface area contributed by atoms with Crippen LogP contribution in [0.3, 0.4) is 0 Å². The molecule has 1 saturated heterocycles. The molecule has 0 spiro atoms. The first-order valence-electron chi connectivity index (χ1n) is 9.16. The summed E-state index contributed by atoms with van der Waals surface area (Å²) in [5.41, 5.74) is 2.49. The predicted molar refractivity (Wildman–Crippen MR) is 116 cm³/mol. The van der Waals surface area contributed by atoms with E-state index in [1.807, 2.05) is 32.0 Å². The fourth-order valence-electron chi connectivity index (χ4n) is 3.09. The summed E-state index contributed by atoms with van der Waals surface area (Å²) >= 11 is 13.8. The number of rotatable bonds is 5. The molecule has 1 heterocycles. The van der Waals surface area contributed by atoms with Crippen molar-refractivity contribution in [1.82, 2.24) is 10.2 Å². The summed E-state index contributed by atoms with van der Waals surface area (Å²) in [6.07, 6.45) is 0.841. The Bertz CT molecular complexity index is 873. The van der Waals surface area contributed by atoms with E-state index in [4.69, 9.17) is 23.2 Å². The molecule has 2 unspecified atom stereocenters. The number of hydrogen-bond acceptors (Lipinski definition) is 3. The second kappa shape index (κ2) is 9.21. The summed E-state index contributed by atoms with van der Waals surface area (Å²) in [4.78, 5) is 27.8. The van der Waals surface area contributed by atoms with Crippen LogP contribution in [0.4, 0.5) is 0 Å². The lowest BCUT2D eigenvalue weighted by Crippen LogP contribution is -2.48. The zero-order valence-electron chi connectivity index (χ0n) is 15.7. The van der Waals surface area contributed by atoms with Gasteiger partial charge in [0.15, 0.2) is 0 Å². The summed E-state index contributed by atoms with van der Waals surface area (Å²) in [5, 5.41) is 3.51. The van der Waals surface area contributed by atoms with Gasteiger partial charge in [0.05, 0.1) is 10.0 Å². The number of hydrogen-bond donors (Lipinski definition) is 1. The quantitative estimate of drug-likeness (QED) is 0.710. The van der Waals surface area contributed by atoms with Crippen LogP contribution in [-0.2, 0) is 4.79 Å². The Morgan fingerprint density at radius 3 is 2.50 bits per heavy atom. The van der Waals surface area contributed by atoms with Crippen molar-refractivity contribution in [3.63, 3.8) is 0 Å². The topological polar surface area (TPSA) is 49.4 Å². The largest absolute Gasteiger partial charge is 0.354 e. The van der Waals surface area contributed by atoms with Gasteiger partial charge in [-0.1, -0.05) is 53.9 Å². The van der Waals surface area contributed by atoms with Crippen molar-refractivity contribution in [2.45, 2.75) is 31.7 Å². The number of nitrogens with zero attached hydrogens (tertiary/aromatic N) is 1. The molecule has 1 aliphatic rings. The van der Waals surface area contributed by atoms with Crippen LogP contribution in [0.15, 0.2) is 42.5 Å². The van der Waals surface area contributed by atoms with Crippen LogP contribution >= 0.6 is 35.0 Å². The van der Waals surface area contributed by atoms with Gasteiger partial charge in [0, 0.05) is 17.9 Å². The highest BCUT2D eigenvalue weighted by molar-refractivity contribution is 7.99. The lowest BCUT2D eigenvalue weighted by atomic mass is 10.1. The minimum Gasteiger partial charge on any atom is -0.354 e. The Kier molecular flexibility index (Phi) is 6.91. The maximum absolute atomic E-state index is 13.4. The van der Waals surface area contributed by atoms with Gasteiger partial charge in [-0.05, 0) is 43.2 Å². The lowest BCUT2D eigenvalue weighted by molar-refractivity contribution is -0.124. The van der Waals surface area contributed by atoms with Crippen molar-refractivity contribution < 1.29 is 9.59 Å². The van der Waals surface area contributed by atoms with Crippen molar-refractivity contribution >= 4 is 46.8 Å². The zero-order valence-corrected chi connectivity index (χ0v) is 18.1. The molecule has 0 radical (unpaired) electrons. The molecule has 0 saturated carbocycles. The molecule has 28 heavy (non-hydrogen) atoms. The van der Waals surface area contributed by atoms with E-state index in [-0.39, 0.29) is 17.2 Å². The number of carbonyl (C=O) groups is 2. The van der Waals surface area contributed by atoms with Gasteiger partial charge in [0.25, 0.3) is 5.91 Å². The minimum atomic E-state index is -0.537. The molecule has 0 aromatic heterocycles. The first-order valence-corrected chi connectivity index (χ1v) is 11.0. The number of nitrogens with one attached hydrogen (secondary N) is 1. The Morgan fingerprint density at radius 1 is 1.14 bits per heavy atom. The minimum absolute atomic E-state index is 0.127. The third kappa shape index (κ3) is 4.48. The molecule has 4 nitrogen and oxygen atoms in total. The summed E-state index contributed by atoms with van der Waals surface area (Å²) < 4.78 is 0. The molecule has 2 aromatic carbocycles. The van der Waals surface area contributed by atoms with Gasteiger partial charge in [0.1, 0.15) is 11.4 Å². The van der Waals surface area contributed by atoms with Gasteiger partial charge >= 0.3 is 0 Å². The lowest BCUT2D eigenvalue weighted by Gasteiger charge is -2.29. The molecule has 1 N–H and O–H groups in total. The van der Waals surface area contributed by atoms with Crippen molar-refractivity contribution in [1.29, 1.82) is 0 Å². The number of carbonyl (C=O) groups excluding carboxylic acids is 2. The number of aryl methyl sites for hydroxylation is 1. The molecule has 7 heteroatoms. The molecule has 1 aliphatic heterocycles. The van der Waals surface area contributed by atoms with Gasteiger partial charge in [0.2, 0.25) is 5.91 Å². The second-order valence-electron chi connectivity index (χ2n) is 6.74. The SMILES string of the molecule is CCCNC(=O)C1CSC(c2ccc(Cl)c(Cl)c2)N1C(=O)c1ccc(C)cc1. The fourth-order valence-corrected chi connectivity index (χ4v) is 4.82. The summed E-state index contributed by atoms with van der Waals surface area (Å²) in [5.74, 6) is 0.230. The average molecular weight is 437 g/mol. The molecule has 148 valence electrons. The average Bonchev–Trinajstić information content (AvgIpc) is 3.13. The van der Waals surface area contributed by atoms with Crippen molar-refractivity contribution in [2.75, 3.05) is 12.3 Å². The maximum atomic E-state index is 13.4. The highest BCUT2D eigenvalue weighted by Crippen LogP contribution is 2.43. The van der Waals surface area contributed by atoms with Gasteiger partial charge in [-0.25, -0.2) is 0 Å².